The molecule has 0 aliphatic carbocycles. The zero-order chi connectivity index (χ0) is 13.5. The van der Waals surface area contributed by atoms with Crippen LogP contribution in [0.5, 0.6) is 0 Å². The van der Waals surface area contributed by atoms with Gasteiger partial charge in [0.15, 0.2) is 5.69 Å². The smallest absolute Gasteiger partial charge is 0.221 e. The van der Waals surface area contributed by atoms with E-state index in [4.69, 9.17) is 11.6 Å². The summed E-state index contributed by atoms with van der Waals surface area (Å²) in [7, 11) is 0. The second kappa shape index (κ2) is 4.31. The van der Waals surface area contributed by atoms with Crippen LogP contribution in [0.4, 0.5) is 13.2 Å². The van der Waals surface area contributed by atoms with Crippen molar-refractivity contribution in [3.8, 4) is 5.69 Å². The summed E-state index contributed by atoms with van der Waals surface area (Å²) in [6, 6.07) is 6.97. The zero-order valence-corrected chi connectivity index (χ0v) is 10.5. The third kappa shape index (κ3) is 2.22. The Kier molecular flexibility index (Phi) is 3.11. The van der Waals surface area contributed by atoms with Crippen LogP contribution in [0.2, 0.25) is 5.15 Å². The van der Waals surface area contributed by atoms with E-state index in [-0.39, 0.29) is 10.7 Å². The van der Waals surface area contributed by atoms with E-state index in [1.54, 1.807) is 18.2 Å². The maximum Gasteiger partial charge on any atom is 0.435 e. The molecule has 0 bridgehead atoms. The van der Waals surface area contributed by atoms with E-state index in [0.717, 1.165) is 10.2 Å². The third-order valence-electron chi connectivity index (χ3n) is 2.57. The van der Waals surface area contributed by atoms with Gasteiger partial charge < -0.3 is 0 Å². The molecule has 2 nitrogen and oxygen atoms in total. The van der Waals surface area contributed by atoms with Crippen LogP contribution >= 0.6 is 11.6 Å². The Morgan fingerprint density at radius 1 is 1.22 bits per heavy atom. The first kappa shape index (κ1) is 13.0. The van der Waals surface area contributed by atoms with Gasteiger partial charge in [-0.2, -0.15) is 18.3 Å². The van der Waals surface area contributed by atoms with Gasteiger partial charge in [0.1, 0.15) is 5.15 Å². The van der Waals surface area contributed by atoms with Crippen molar-refractivity contribution in [2.45, 2.75) is 20.0 Å². The van der Waals surface area contributed by atoms with Gasteiger partial charge in [-0.3, -0.25) is 0 Å². The van der Waals surface area contributed by atoms with Crippen LogP contribution in [-0.2, 0) is 6.18 Å². The van der Waals surface area contributed by atoms with Crippen molar-refractivity contribution in [3.63, 3.8) is 0 Å². The van der Waals surface area contributed by atoms with E-state index < -0.39 is 11.9 Å². The minimum atomic E-state index is -4.50. The van der Waals surface area contributed by atoms with Crippen LogP contribution in [0.15, 0.2) is 24.3 Å². The number of hydrogen-bond donors (Lipinski definition) is 0. The first-order valence-electron chi connectivity index (χ1n) is 5.20. The molecule has 0 atom stereocenters. The van der Waals surface area contributed by atoms with Gasteiger partial charge in [-0.05, 0) is 31.5 Å². The Morgan fingerprint density at radius 2 is 1.89 bits per heavy atom. The molecule has 1 aromatic heterocycles. The second-order valence-corrected chi connectivity index (χ2v) is 4.37. The SMILES string of the molecule is Cc1cccc(-n2nc(C(F)(F)F)c(C)c2Cl)c1. The fraction of sp³-hybridized carbons (Fsp3) is 0.250. The minimum Gasteiger partial charge on any atom is -0.221 e. The number of aromatic nitrogens is 2. The third-order valence-corrected chi connectivity index (χ3v) is 3.01. The van der Waals surface area contributed by atoms with E-state index >= 15 is 0 Å². The molecule has 0 amide bonds. The fourth-order valence-corrected chi connectivity index (χ4v) is 1.90. The van der Waals surface area contributed by atoms with Gasteiger partial charge in [0, 0.05) is 5.56 Å². The first-order chi connectivity index (χ1) is 8.30. The van der Waals surface area contributed by atoms with Gasteiger partial charge in [0.25, 0.3) is 0 Å². The molecule has 0 N–H and O–H groups in total. The van der Waals surface area contributed by atoms with Gasteiger partial charge in [0.05, 0.1) is 5.69 Å². The molecule has 96 valence electrons. The predicted octanol–water partition coefficient (Wildman–Crippen LogP) is 4.16. The lowest BCUT2D eigenvalue weighted by Crippen LogP contribution is -2.08. The van der Waals surface area contributed by atoms with Crippen molar-refractivity contribution in [2.75, 3.05) is 0 Å². The fourth-order valence-electron chi connectivity index (χ4n) is 1.68. The Hall–Kier alpha value is -1.49. The molecule has 0 unspecified atom stereocenters. The molecule has 1 heterocycles. The first-order valence-corrected chi connectivity index (χ1v) is 5.58. The summed E-state index contributed by atoms with van der Waals surface area (Å²) in [6.07, 6.45) is -4.50. The van der Waals surface area contributed by atoms with E-state index in [1.165, 1.54) is 6.92 Å². The highest BCUT2D eigenvalue weighted by molar-refractivity contribution is 6.30. The molecule has 1 aromatic carbocycles. The normalized spacial score (nSPS) is 11.9. The predicted molar refractivity (Wildman–Crippen MR) is 63.1 cm³/mol. The number of nitrogens with zero attached hydrogens (tertiary/aromatic N) is 2. The standard InChI is InChI=1S/C12H10ClF3N2/c1-7-4-3-5-9(6-7)18-11(13)8(2)10(17-18)12(14,15)16/h3-6H,1-2H3. The molecule has 2 rings (SSSR count). The summed E-state index contributed by atoms with van der Waals surface area (Å²) in [5, 5.41) is 3.53. The summed E-state index contributed by atoms with van der Waals surface area (Å²) < 4.78 is 39.2. The summed E-state index contributed by atoms with van der Waals surface area (Å²) >= 11 is 5.91. The number of alkyl halides is 3. The van der Waals surface area contributed by atoms with E-state index in [2.05, 4.69) is 5.10 Å². The van der Waals surface area contributed by atoms with E-state index in [1.807, 2.05) is 13.0 Å². The molecule has 18 heavy (non-hydrogen) atoms. The van der Waals surface area contributed by atoms with Gasteiger partial charge in [-0.25, -0.2) is 4.68 Å². The Morgan fingerprint density at radius 3 is 2.39 bits per heavy atom. The topological polar surface area (TPSA) is 17.8 Å². The summed E-state index contributed by atoms with van der Waals surface area (Å²) in [5.74, 6) is 0. The van der Waals surface area contributed by atoms with Crippen molar-refractivity contribution in [1.82, 2.24) is 9.78 Å². The number of aryl methyl sites for hydroxylation is 1. The maximum atomic E-state index is 12.7. The number of hydrogen-bond acceptors (Lipinski definition) is 1. The molecule has 0 saturated carbocycles. The molecule has 0 aliphatic heterocycles. The van der Waals surface area contributed by atoms with E-state index in [0.29, 0.717) is 5.69 Å². The molecule has 0 saturated heterocycles. The molecule has 0 fully saturated rings. The van der Waals surface area contributed by atoms with Crippen LogP contribution in [0.1, 0.15) is 16.8 Å². The molecule has 6 heteroatoms. The lowest BCUT2D eigenvalue weighted by atomic mass is 10.2. The maximum absolute atomic E-state index is 12.7. The quantitative estimate of drug-likeness (QED) is 0.763. The minimum absolute atomic E-state index is 0.0204. The van der Waals surface area contributed by atoms with Crippen molar-refractivity contribution in [3.05, 3.63) is 46.2 Å². The molecular formula is C12H10ClF3N2. The van der Waals surface area contributed by atoms with Crippen LogP contribution in [0, 0.1) is 13.8 Å². The Labute approximate surface area is 107 Å². The molecule has 0 aliphatic rings. The highest BCUT2D eigenvalue weighted by Gasteiger charge is 2.37. The lowest BCUT2D eigenvalue weighted by molar-refractivity contribution is -0.141. The summed E-state index contributed by atoms with van der Waals surface area (Å²) in [4.78, 5) is 0. The summed E-state index contributed by atoms with van der Waals surface area (Å²) in [6.45, 7) is 3.16. The van der Waals surface area contributed by atoms with Crippen molar-refractivity contribution in [2.24, 2.45) is 0 Å². The van der Waals surface area contributed by atoms with Crippen molar-refractivity contribution < 1.29 is 13.2 Å². The molecule has 2 aromatic rings. The monoisotopic (exact) mass is 274 g/mol. The zero-order valence-electron chi connectivity index (χ0n) is 9.72. The van der Waals surface area contributed by atoms with Crippen molar-refractivity contribution >= 4 is 11.6 Å². The lowest BCUT2D eigenvalue weighted by Gasteiger charge is -2.04. The average molecular weight is 275 g/mol. The second-order valence-electron chi connectivity index (χ2n) is 4.01. The molecular weight excluding hydrogens is 265 g/mol. The van der Waals surface area contributed by atoms with Gasteiger partial charge in [0.2, 0.25) is 0 Å². The number of halogens is 4. The molecule has 0 radical (unpaired) electrons. The number of rotatable bonds is 1. The van der Waals surface area contributed by atoms with E-state index in [9.17, 15) is 13.2 Å². The Bertz CT molecular complexity index is 587. The van der Waals surface area contributed by atoms with Crippen LogP contribution < -0.4 is 0 Å². The van der Waals surface area contributed by atoms with Crippen LogP contribution in [0.3, 0.4) is 0 Å². The van der Waals surface area contributed by atoms with Gasteiger partial charge in [-0.1, -0.05) is 23.7 Å². The van der Waals surface area contributed by atoms with Gasteiger partial charge >= 0.3 is 6.18 Å². The summed E-state index contributed by atoms with van der Waals surface area (Å²) in [5.41, 5.74) is 0.420. The average Bonchev–Trinajstić information content (AvgIpc) is 2.55. The van der Waals surface area contributed by atoms with Crippen LogP contribution in [0.25, 0.3) is 5.69 Å². The van der Waals surface area contributed by atoms with Crippen molar-refractivity contribution in [1.29, 1.82) is 0 Å². The van der Waals surface area contributed by atoms with Gasteiger partial charge in [-0.15, -0.1) is 0 Å². The highest BCUT2D eigenvalue weighted by Crippen LogP contribution is 2.34. The highest BCUT2D eigenvalue weighted by atomic mass is 35.5. The Balaban J connectivity index is 2.60. The number of benzene rings is 1. The van der Waals surface area contributed by atoms with Crippen LogP contribution in [-0.4, -0.2) is 9.78 Å². The molecule has 0 spiro atoms. The largest absolute Gasteiger partial charge is 0.435 e.